The zero-order valence-electron chi connectivity index (χ0n) is 14.8. The molecule has 0 fully saturated rings. The molecule has 5 nitrogen and oxygen atoms in total. The van der Waals surface area contributed by atoms with E-state index in [4.69, 9.17) is 4.74 Å². The molecule has 1 heterocycles. The first-order valence-corrected chi connectivity index (χ1v) is 8.37. The van der Waals surface area contributed by atoms with Crippen molar-refractivity contribution in [3.8, 4) is 5.75 Å². The van der Waals surface area contributed by atoms with Crippen molar-refractivity contribution < 1.29 is 9.13 Å². The van der Waals surface area contributed by atoms with Gasteiger partial charge in [-0.1, -0.05) is 18.2 Å². The molecule has 0 atom stereocenters. The third-order valence-electron chi connectivity index (χ3n) is 3.88. The molecule has 0 saturated carbocycles. The van der Waals surface area contributed by atoms with Gasteiger partial charge in [0.15, 0.2) is 0 Å². The average molecular weight is 352 g/mol. The molecule has 0 aliphatic carbocycles. The lowest BCUT2D eigenvalue weighted by molar-refractivity contribution is 0.416. The van der Waals surface area contributed by atoms with Crippen molar-refractivity contribution in [1.29, 1.82) is 0 Å². The van der Waals surface area contributed by atoms with Gasteiger partial charge in [0.1, 0.15) is 17.4 Å². The Morgan fingerprint density at radius 2 is 1.88 bits per heavy atom. The highest BCUT2D eigenvalue weighted by atomic mass is 19.1. The predicted molar refractivity (Wildman–Crippen MR) is 102 cm³/mol. The lowest BCUT2D eigenvalue weighted by atomic mass is 10.1. The Bertz CT molecular complexity index is 868. The highest BCUT2D eigenvalue weighted by Gasteiger charge is 2.05. The fraction of sp³-hybridized carbons (Fsp3) is 0.200. The molecule has 0 saturated heterocycles. The highest BCUT2D eigenvalue weighted by molar-refractivity contribution is 5.65. The van der Waals surface area contributed by atoms with Crippen LogP contribution in [0.3, 0.4) is 0 Å². The smallest absolute Gasteiger partial charge is 0.224 e. The maximum Gasteiger partial charge on any atom is 0.224 e. The van der Waals surface area contributed by atoms with E-state index in [1.165, 1.54) is 12.1 Å². The monoisotopic (exact) mass is 352 g/mol. The van der Waals surface area contributed by atoms with Crippen LogP contribution in [0.1, 0.15) is 11.1 Å². The molecule has 0 aliphatic rings. The van der Waals surface area contributed by atoms with Crippen molar-refractivity contribution in [2.75, 3.05) is 24.3 Å². The molecule has 6 heteroatoms. The summed E-state index contributed by atoms with van der Waals surface area (Å²) in [7, 11) is 1.64. The lowest BCUT2D eigenvalue weighted by Gasteiger charge is -2.12. The molecule has 3 rings (SSSR count). The number of nitrogens with zero attached hydrogens (tertiary/aromatic N) is 2. The summed E-state index contributed by atoms with van der Waals surface area (Å²) >= 11 is 0. The van der Waals surface area contributed by atoms with E-state index in [1.54, 1.807) is 31.5 Å². The number of anilines is 3. The van der Waals surface area contributed by atoms with E-state index in [0.717, 1.165) is 29.0 Å². The summed E-state index contributed by atoms with van der Waals surface area (Å²) in [4.78, 5) is 8.70. The second-order valence-electron chi connectivity index (χ2n) is 5.90. The van der Waals surface area contributed by atoms with Gasteiger partial charge >= 0.3 is 0 Å². The van der Waals surface area contributed by atoms with E-state index in [-0.39, 0.29) is 5.82 Å². The Balaban J connectivity index is 1.63. The number of aryl methyl sites for hydroxylation is 1. The standard InChI is InChI=1S/C20H21FN4O/c1-14-3-8-18(26-2)17(13-14)24-19-10-12-23-20(25-19)22-11-9-15-4-6-16(21)7-5-15/h3-8,10,12-13H,9,11H2,1-2H3,(H2,22,23,24,25). The topological polar surface area (TPSA) is 59.1 Å². The highest BCUT2D eigenvalue weighted by Crippen LogP contribution is 2.27. The number of rotatable bonds is 7. The number of ether oxygens (including phenoxy) is 1. The van der Waals surface area contributed by atoms with Gasteiger partial charge < -0.3 is 15.4 Å². The molecule has 0 aliphatic heterocycles. The number of hydrogen-bond donors (Lipinski definition) is 2. The van der Waals surface area contributed by atoms with E-state index >= 15 is 0 Å². The molecule has 26 heavy (non-hydrogen) atoms. The van der Waals surface area contributed by atoms with Gasteiger partial charge in [-0.15, -0.1) is 0 Å². The summed E-state index contributed by atoms with van der Waals surface area (Å²) in [6.07, 6.45) is 2.45. The summed E-state index contributed by atoms with van der Waals surface area (Å²) in [5.74, 6) is 1.73. The second kappa shape index (κ2) is 8.29. The summed E-state index contributed by atoms with van der Waals surface area (Å²) < 4.78 is 18.3. The minimum atomic E-state index is -0.226. The van der Waals surface area contributed by atoms with Crippen LogP contribution < -0.4 is 15.4 Å². The molecule has 2 N–H and O–H groups in total. The Labute approximate surface area is 152 Å². The van der Waals surface area contributed by atoms with Crippen molar-refractivity contribution in [3.63, 3.8) is 0 Å². The van der Waals surface area contributed by atoms with Crippen LogP contribution in [0.5, 0.6) is 5.75 Å². The van der Waals surface area contributed by atoms with Crippen molar-refractivity contribution in [3.05, 3.63) is 71.7 Å². The zero-order valence-corrected chi connectivity index (χ0v) is 14.8. The van der Waals surface area contributed by atoms with Crippen molar-refractivity contribution in [2.24, 2.45) is 0 Å². The Kier molecular flexibility index (Phi) is 5.63. The first kappa shape index (κ1) is 17.7. The third-order valence-corrected chi connectivity index (χ3v) is 3.88. The quantitative estimate of drug-likeness (QED) is 0.663. The molecule has 1 aromatic heterocycles. The number of benzene rings is 2. The van der Waals surface area contributed by atoms with Crippen LogP contribution in [0, 0.1) is 12.7 Å². The van der Waals surface area contributed by atoms with Crippen molar-refractivity contribution in [1.82, 2.24) is 9.97 Å². The molecule has 3 aromatic rings. The Morgan fingerprint density at radius 3 is 2.65 bits per heavy atom. The predicted octanol–water partition coefficient (Wildman–Crippen LogP) is 4.33. The summed E-state index contributed by atoms with van der Waals surface area (Å²) in [5, 5.41) is 6.45. The Hall–Kier alpha value is -3.15. The van der Waals surface area contributed by atoms with E-state index in [0.29, 0.717) is 18.3 Å². The summed E-state index contributed by atoms with van der Waals surface area (Å²) in [6, 6.07) is 14.2. The van der Waals surface area contributed by atoms with Crippen molar-refractivity contribution >= 4 is 17.5 Å². The fourth-order valence-corrected chi connectivity index (χ4v) is 2.54. The van der Waals surface area contributed by atoms with Gasteiger partial charge in [0.2, 0.25) is 5.95 Å². The number of halogens is 1. The molecule has 0 amide bonds. The first-order chi connectivity index (χ1) is 12.6. The summed E-state index contributed by atoms with van der Waals surface area (Å²) in [6.45, 7) is 2.68. The van der Waals surface area contributed by atoms with Crippen LogP contribution in [-0.2, 0) is 6.42 Å². The second-order valence-corrected chi connectivity index (χ2v) is 5.90. The SMILES string of the molecule is COc1ccc(C)cc1Nc1ccnc(NCCc2ccc(F)cc2)n1. The number of hydrogen-bond acceptors (Lipinski definition) is 5. The molecular formula is C20H21FN4O. The third kappa shape index (κ3) is 4.69. The maximum absolute atomic E-state index is 12.9. The number of aromatic nitrogens is 2. The van der Waals surface area contributed by atoms with Crippen molar-refractivity contribution in [2.45, 2.75) is 13.3 Å². The van der Waals surface area contributed by atoms with Gasteiger partial charge in [0.25, 0.3) is 0 Å². The number of methoxy groups -OCH3 is 1. The molecule has 134 valence electrons. The van der Waals surface area contributed by atoms with E-state index in [2.05, 4.69) is 20.6 Å². The normalized spacial score (nSPS) is 10.4. The largest absolute Gasteiger partial charge is 0.495 e. The van der Waals surface area contributed by atoms with E-state index in [9.17, 15) is 4.39 Å². The molecule has 0 radical (unpaired) electrons. The van der Waals surface area contributed by atoms with Crippen LogP contribution in [-0.4, -0.2) is 23.6 Å². The van der Waals surface area contributed by atoms with Gasteiger partial charge in [-0.3, -0.25) is 0 Å². The fourth-order valence-electron chi connectivity index (χ4n) is 2.54. The minimum absolute atomic E-state index is 0.226. The van der Waals surface area contributed by atoms with Crippen LogP contribution >= 0.6 is 0 Å². The van der Waals surface area contributed by atoms with Crippen LogP contribution in [0.2, 0.25) is 0 Å². The lowest BCUT2D eigenvalue weighted by Crippen LogP contribution is -2.08. The van der Waals surface area contributed by atoms with E-state index in [1.807, 2.05) is 25.1 Å². The van der Waals surface area contributed by atoms with E-state index < -0.39 is 0 Å². The van der Waals surface area contributed by atoms with Gasteiger partial charge in [-0.05, 0) is 54.8 Å². The first-order valence-electron chi connectivity index (χ1n) is 8.37. The Morgan fingerprint density at radius 1 is 1.08 bits per heavy atom. The zero-order chi connectivity index (χ0) is 18.4. The minimum Gasteiger partial charge on any atom is -0.495 e. The van der Waals surface area contributed by atoms with Crippen LogP contribution in [0.15, 0.2) is 54.7 Å². The number of nitrogens with one attached hydrogen (secondary N) is 2. The van der Waals surface area contributed by atoms with Gasteiger partial charge in [0.05, 0.1) is 12.8 Å². The molecule has 0 bridgehead atoms. The van der Waals surface area contributed by atoms with Gasteiger partial charge in [0, 0.05) is 12.7 Å². The van der Waals surface area contributed by atoms with Crippen LogP contribution in [0.25, 0.3) is 0 Å². The summed E-state index contributed by atoms with van der Waals surface area (Å²) in [5.41, 5.74) is 3.03. The molecule has 0 unspecified atom stereocenters. The van der Waals surface area contributed by atoms with Gasteiger partial charge in [-0.25, -0.2) is 9.37 Å². The maximum atomic E-state index is 12.9. The molecule has 0 spiro atoms. The molecular weight excluding hydrogens is 331 g/mol. The average Bonchev–Trinajstić information content (AvgIpc) is 2.64. The van der Waals surface area contributed by atoms with Crippen LogP contribution in [0.4, 0.5) is 21.8 Å². The molecule has 2 aromatic carbocycles. The van der Waals surface area contributed by atoms with Gasteiger partial charge in [-0.2, -0.15) is 4.98 Å².